The third-order valence-corrected chi connectivity index (χ3v) is 5.04. The summed E-state index contributed by atoms with van der Waals surface area (Å²) in [6.07, 6.45) is 2.21. The van der Waals surface area contributed by atoms with E-state index < -0.39 is 48.7 Å². The van der Waals surface area contributed by atoms with Crippen LogP contribution in [0.4, 0.5) is 0 Å². The molecule has 0 aromatic carbocycles. The van der Waals surface area contributed by atoms with E-state index in [1.165, 1.54) is 6.92 Å². The summed E-state index contributed by atoms with van der Waals surface area (Å²) in [4.78, 5) is 36.5. The van der Waals surface area contributed by atoms with Gasteiger partial charge in [-0.3, -0.25) is 4.79 Å². The maximum atomic E-state index is 12.4. The van der Waals surface area contributed by atoms with Crippen molar-refractivity contribution in [2.75, 3.05) is 6.61 Å². The molecule has 1 aliphatic rings. The topological polar surface area (TPSA) is 99.1 Å². The Morgan fingerprint density at radius 2 is 1.52 bits per heavy atom. The number of allylic oxidation sites excluding steroid dienone is 2. The standard InChI is InChI=1S/C22H32O7/c1-8-13(5)21(25)28-17-10-16(11-23)19(29-22(26)14(6)9-2)20(27-15(7)24)18(17)12(3)4/h8-10,12,17-20,23H,11H2,1-7H3/b13-8+,14-9+/t17-,18-,19-,20+/m0/s1. The van der Waals surface area contributed by atoms with Gasteiger partial charge in [-0.25, -0.2) is 9.59 Å². The van der Waals surface area contributed by atoms with Crippen LogP contribution in [-0.2, 0) is 28.6 Å². The quantitative estimate of drug-likeness (QED) is 0.299. The highest BCUT2D eigenvalue weighted by Crippen LogP contribution is 2.36. The molecule has 1 N–H and O–H groups in total. The highest BCUT2D eigenvalue weighted by molar-refractivity contribution is 5.88. The van der Waals surface area contributed by atoms with Crippen molar-refractivity contribution in [1.82, 2.24) is 0 Å². The molecule has 7 nitrogen and oxygen atoms in total. The minimum atomic E-state index is -0.975. The molecular weight excluding hydrogens is 376 g/mol. The van der Waals surface area contributed by atoms with Gasteiger partial charge >= 0.3 is 17.9 Å². The monoisotopic (exact) mass is 408 g/mol. The molecule has 0 saturated carbocycles. The van der Waals surface area contributed by atoms with E-state index in [2.05, 4.69) is 0 Å². The SMILES string of the molecule is C/C=C(\C)C(=O)O[C@H]1C=C(CO)[C@H](OC(=O)/C(C)=C/C)[C@H](OC(C)=O)[C@H]1C(C)C. The van der Waals surface area contributed by atoms with Crippen LogP contribution in [0.3, 0.4) is 0 Å². The Morgan fingerprint density at radius 3 is 1.93 bits per heavy atom. The summed E-state index contributed by atoms with van der Waals surface area (Å²) < 4.78 is 16.8. The largest absolute Gasteiger partial charge is 0.458 e. The van der Waals surface area contributed by atoms with Crippen LogP contribution in [0, 0.1) is 11.8 Å². The average molecular weight is 408 g/mol. The molecule has 0 aliphatic heterocycles. The molecule has 0 heterocycles. The number of rotatable bonds is 7. The van der Waals surface area contributed by atoms with Gasteiger partial charge in [0, 0.05) is 24.0 Å². The summed E-state index contributed by atoms with van der Waals surface area (Å²) in [5.41, 5.74) is 1.15. The number of ether oxygens (including phenoxy) is 3. The molecule has 7 heteroatoms. The molecule has 0 aromatic heterocycles. The Bertz CT molecular complexity index is 715. The van der Waals surface area contributed by atoms with E-state index in [0.29, 0.717) is 16.7 Å². The Kier molecular flexibility index (Phi) is 9.30. The number of hydrogen-bond acceptors (Lipinski definition) is 7. The summed E-state index contributed by atoms with van der Waals surface area (Å²) in [6, 6.07) is 0. The molecule has 0 spiro atoms. The number of carbonyl (C=O) groups is 3. The second-order valence-corrected chi connectivity index (χ2v) is 7.43. The molecule has 29 heavy (non-hydrogen) atoms. The number of hydrogen-bond donors (Lipinski definition) is 1. The summed E-state index contributed by atoms with van der Waals surface area (Å²) in [6.45, 7) is 11.3. The first-order chi connectivity index (χ1) is 13.6. The molecule has 162 valence electrons. The highest BCUT2D eigenvalue weighted by Gasteiger charge is 2.47. The van der Waals surface area contributed by atoms with Crippen LogP contribution in [0.15, 0.2) is 34.9 Å². The lowest BCUT2D eigenvalue weighted by Gasteiger charge is -2.42. The molecule has 1 rings (SSSR count). The predicted molar refractivity (Wildman–Crippen MR) is 108 cm³/mol. The van der Waals surface area contributed by atoms with Crippen LogP contribution in [0.25, 0.3) is 0 Å². The molecule has 0 saturated heterocycles. The summed E-state index contributed by atoms with van der Waals surface area (Å²) in [5.74, 6) is -2.18. The van der Waals surface area contributed by atoms with Crippen LogP contribution in [0.5, 0.6) is 0 Å². The van der Waals surface area contributed by atoms with Gasteiger partial charge in [-0.05, 0) is 45.3 Å². The molecule has 0 radical (unpaired) electrons. The highest BCUT2D eigenvalue weighted by atomic mass is 16.6. The van der Waals surface area contributed by atoms with Crippen molar-refractivity contribution in [3.63, 3.8) is 0 Å². The van der Waals surface area contributed by atoms with Gasteiger partial charge in [-0.2, -0.15) is 0 Å². The Balaban J connectivity index is 3.43. The van der Waals surface area contributed by atoms with Crippen molar-refractivity contribution in [3.05, 3.63) is 34.9 Å². The van der Waals surface area contributed by atoms with Crippen molar-refractivity contribution < 1.29 is 33.7 Å². The molecule has 4 atom stereocenters. The fourth-order valence-corrected chi connectivity index (χ4v) is 3.17. The normalized spacial score (nSPS) is 25.3. The van der Waals surface area contributed by atoms with Gasteiger partial charge in [0.05, 0.1) is 6.61 Å². The number of carbonyl (C=O) groups excluding carboxylic acids is 3. The molecular formula is C22H32O7. The molecule has 0 unspecified atom stereocenters. The zero-order chi connectivity index (χ0) is 22.3. The Hall–Kier alpha value is -2.41. The lowest BCUT2D eigenvalue weighted by Crippen LogP contribution is -2.52. The molecule has 0 aromatic rings. The van der Waals surface area contributed by atoms with Gasteiger partial charge in [0.1, 0.15) is 12.2 Å². The lowest BCUT2D eigenvalue weighted by molar-refractivity contribution is -0.177. The summed E-state index contributed by atoms with van der Waals surface area (Å²) >= 11 is 0. The van der Waals surface area contributed by atoms with Crippen molar-refractivity contribution in [2.24, 2.45) is 11.8 Å². The molecule has 0 fully saturated rings. The van der Waals surface area contributed by atoms with Gasteiger partial charge in [0.2, 0.25) is 0 Å². The summed E-state index contributed by atoms with van der Waals surface area (Å²) in [7, 11) is 0. The first-order valence-electron chi connectivity index (χ1n) is 9.73. The number of aliphatic hydroxyl groups is 1. The van der Waals surface area contributed by atoms with Gasteiger partial charge < -0.3 is 19.3 Å². The third-order valence-electron chi connectivity index (χ3n) is 5.04. The second-order valence-electron chi connectivity index (χ2n) is 7.43. The first kappa shape index (κ1) is 24.6. The number of esters is 3. The van der Waals surface area contributed by atoms with Gasteiger partial charge in [-0.15, -0.1) is 0 Å². The lowest BCUT2D eigenvalue weighted by atomic mass is 9.76. The van der Waals surface area contributed by atoms with Gasteiger partial charge in [0.15, 0.2) is 6.10 Å². The van der Waals surface area contributed by atoms with E-state index in [1.807, 2.05) is 13.8 Å². The van der Waals surface area contributed by atoms with Crippen molar-refractivity contribution in [3.8, 4) is 0 Å². The Morgan fingerprint density at radius 1 is 1.00 bits per heavy atom. The first-order valence-corrected chi connectivity index (χ1v) is 9.73. The Labute approximate surface area is 172 Å². The van der Waals surface area contributed by atoms with Crippen LogP contribution >= 0.6 is 0 Å². The molecule has 1 aliphatic carbocycles. The average Bonchev–Trinajstić information content (AvgIpc) is 2.66. The summed E-state index contributed by atoms with van der Waals surface area (Å²) in [5, 5.41) is 9.89. The van der Waals surface area contributed by atoms with Crippen LogP contribution in [-0.4, -0.2) is 47.9 Å². The van der Waals surface area contributed by atoms with Gasteiger partial charge in [-0.1, -0.05) is 26.0 Å². The van der Waals surface area contributed by atoms with E-state index >= 15 is 0 Å². The molecule has 0 amide bonds. The molecule has 0 bridgehead atoms. The predicted octanol–water partition coefficient (Wildman–Crippen LogP) is 2.88. The van der Waals surface area contributed by atoms with Crippen LogP contribution < -0.4 is 0 Å². The minimum Gasteiger partial charge on any atom is -0.458 e. The smallest absolute Gasteiger partial charge is 0.334 e. The van der Waals surface area contributed by atoms with E-state index in [-0.39, 0.29) is 5.92 Å². The fourth-order valence-electron chi connectivity index (χ4n) is 3.17. The van der Waals surface area contributed by atoms with Crippen LogP contribution in [0.2, 0.25) is 0 Å². The number of aliphatic hydroxyl groups excluding tert-OH is 1. The maximum Gasteiger partial charge on any atom is 0.334 e. The minimum absolute atomic E-state index is 0.0800. The fraction of sp³-hybridized carbons (Fsp3) is 0.591. The van der Waals surface area contributed by atoms with Crippen molar-refractivity contribution in [1.29, 1.82) is 0 Å². The second kappa shape index (κ2) is 11.0. The third kappa shape index (κ3) is 6.29. The van der Waals surface area contributed by atoms with Gasteiger partial charge in [0.25, 0.3) is 0 Å². The zero-order valence-electron chi connectivity index (χ0n) is 18.2. The van der Waals surface area contributed by atoms with E-state index in [1.54, 1.807) is 45.9 Å². The van der Waals surface area contributed by atoms with Crippen molar-refractivity contribution in [2.45, 2.75) is 66.8 Å². The van der Waals surface area contributed by atoms with Crippen molar-refractivity contribution >= 4 is 17.9 Å². The zero-order valence-corrected chi connectivity index (χ0v) is 18.2. The van der Waals surface area contributed by atoms with Crippen LogP contribution in [0.1, 0.15) is 48.5 Å². The maximum absolute atomic E-state index is 12.4. The van der Waals surface area contributed by atoms with E-state index in [4.69, 9.17) is 14.2 Å². The van der Waals surface area contributed by atoms with E-state index in [0.717, 1.165) is 0 Å². The van der Waals surface area contributed by atoms with E-state index in [9.17, 15) is 19.5 Å².